The Hall–Kier alpha value is -3.81. The van der Waals surface area contributed by atoms with Crippen LogP contribution in [0.15, 0.2) is 60.7 Å². The van der Waals surface area contributed by atoms with Crippen LogP contribution in [0.25, 0.3) is 17.0 Å². The third-order valence-electron chi connectivity index (χ3n) is 5.37. The van der Waals surface area contributed by atoms with Crippen molar-refractivity contribution in [2.75, 3.05) is 10.6 Å². The Morgan fingerprint density at radius 3 is 2.58 bits per heavy atom. The first-order valence-electron chi connectivity index (χ1n) is 10.2. The van der Waals surface area contributed by atoms with Crippen LogP contribution in [0.5, 0.6) is 0 Å². The second-order valence-corrected chi connectivity index (χ2v) is 7.74. The summed E-state index contributed by atoms with van der Waals surface area (Å²) < 4.78 is 15.8. The summed E-state index contributed by atoms with van der Waals surface area (Å²) in [5.41, 5.74) is 2.72. The zero-order valence-corrected chi connectivity index (χ0v) is 16.9. The number of anilines is 2. The van der Waals surface area contributed by atoms with E-state index in [2.05, 4.69) is 25.9 Å². The highest BCUT2D eigenvalue weighted by molar-refractivity contribution is 5.94. The number of fused-ring (bicyclic) bond motifs is 1. The van der Waals surface area contributed by atoms with E-state index in [4.69, 9.17) is 0 Å². The van der Waals surface area contributed by atoms with Crippen molar-refractivity contribution < 1.29 is 9.18 Å². The Kier molecular flexibility index (Phi) is 4.82. The number of nitrogens with zero attached hydrogens (tertiary/aromatic N) is 4. The van der Waals surface area contributed by atoms with Gasteiger partial charge in [0.2, 0.25) is 5.91 Å². The standard InChI is InChI=1S/C23H21FN6O/c1-14(15-8-10-17(11-9-15)26-23(31)16-6-7-16)25-20-12-13-21-27-28-22(30(21)29-20)18-4-2-3-5-19(18)24/h2-5,8-14,16H,6-7H2,1H3,(H,25,29)(H,26,31). The summed E-state index contributed by atoms with van der Waals surface area (Å²) in [7, 11) is 0. The molecule has 0 bridgehead atoms. The Balaban J connectivity index is 1.34. The van der Waals surface area contributed by atoms with E-state index < -0.39 is 0 Å². The molecule has 1 saturated carbocycles. The van der Waals surface area contributed by atoms with Crippen LogP contribution in [-0.4, -0.2) is 25.7 Å². The minimum absolute atomic E-state index is 0.0356. The molecule has 2 aromatic heterocycles. The molecule has 1 atom stereocenters. The molecule has 2 N–H and O–H groups in total. The number of amides is 1. The first-order valence-corrected chi connectivity index (χ1v) is 10.2. The molecule has 5 rings (SSSR count). The quantitative estimate of drug-likeness (QED) is 0.485. The summed E-state index contributed by atoms with van der Waals surface area (Å²) in [5.74, 6) is 0.854. The van der Waals surface area contributed by atoms with Gasteiger partial charge in [-0.3, -0.25) is 4.79 Å². The molecule has 156 valence electrons. The SMILES string of the molecule is CC(Nc1ccc2nnc(-c3ccccc3F)n2n1)c1ccc(NC(=O)C2CC2)cc1. The van der Waals surface area contributed by atoms with E-state index in [1.54, 1.807) is 24.3 Å². The maximum atomic E-state index is 14.2. The number of hydrogen-bond donors (Lipinski definition) is 2. The number of nitrogens with one attached hydrogen (secondary N) is 2. The predicted octanol–water partition coefficient (Wildman–Crippen LogP) is 4.45. The van der Waals surface area contributed by atoms with Gasteiger partial charge in [0.1, 0.15) is 11.6 Å². The smallest absolute Gasteiger partial charge is 0.227 e. The summed E-state index contributed by atoms with van der Waals surface area (Å²) in [6, 6.07) is 17.7. The van der Waals surface area contributed by atoms with Crippen molar-refractivity contribution >= 4 is 23.1 Å². The second kappa shape index (κ2) is 7.79. The molecule has 2 heterocycles. The Labute approximate surface area is 178 Å². The molecule has 2 aromatic carbocycles. The first kappa shape index (κ1) is 19.2. The molecule has 4 aromatic rings. The van der Waals surface area contributed by atoms with Gasteiger partial charge in [0.15, 0.2) is 11.5 Å². The van der Waals surface area contributed by atoms with Crippen LogP contribution in [0.2, 0.25) is 0 Å². The molecule has 0 aliphatic heterocycles. The minimum atomic E-state index is -0.376. The minimum Gasteiger partial charge on any atom is -0.362 e. The van der Waals surface area contributed by atoms with Crippen molar-refractivity contribution in [3.05, 3.63) is 72.0 Å². The average Bonchev–Trinajstić information content (AvgIpc) is 3.55. The van der Waals surface area contributed by atoms with Crippen molar-refractivity contribution in [2.45, 2.75) is 25.8 Å². The van der Waals surface area contributed by atoms with Gasteiger partial charge in [-0.15, -0.1) is 15.3 Å². The van der Waals surface area contributed by atoms with Gasteiger partial charge in [0, 0.05) is 17.6 Å². The van der Waals surface area contributed by atoms with Gasteiger partial charge in [-0.05, 0) is 61.7 Å². The first-order chi connectivity index (χ1) is 15.1. The van der Waals surface area contributed by atoms with E-state index in [0.717, 1.165) is 24.1 Å². The topological polar surface area (TPSA) is 84.2 Å². The molecular weight excluding hydrogens is 395 g/mol. The summed E-state index contributed by atoms with van der Waals surface area (Å²) in [5, 5.41) is 19.0. The fourth-order valence-corrected chi connectivity index (χ4v) is 3.43. The van der Waals surface area contributed by atoms with Crippen molar-refractivity contribution in [1.82, 2.24) is 19.8 Å². The highest BCUT2D eigenvalue weighted by Crippen LogP contribution is 2.30. The summed E-state index contributed by atoms with van der Waals surface area (Å²) in [6.07, 6.45) is 1.96. The zero-order chi connectivity index (χ0) is 21.4. The van der Waals surface area contributed by atoms with Crippen LogP contribution in [0, 0.1) is 11.7 Å². The molecule has 7 nitrogen and oxygen atoms in total. The van der Waals surface area contributed by atoms with E-state index in [-0.39, 0.29) is 23.7 Å². The largest absolute Gasteiger partial charge is 0.362 e. The van der Waals surface area contributed by atoms with Crippen LogP contribution in [-0.2, 0) is 4.79 Å². The maximum absolute atomic E-state index is 14.2. The van der Waals surface area contributed by atoms with Crippen molar-refractivity contribution in [1.29, 1.82) is 0 Å². The highest BCUT2D eigenvalue weighted by Gasteiger charge is 2.29. The van der Waals surface area contributed by atoms with Gasteiger partial charge < -0.3 is 10.6 Å². The van der Waals surface area contributed by atoms with Gasteiger partial charge in [-0.2, -0.15) is 4.52 Å². The van der Waals surface area contributed by atoms with Crippen molar-refractivity contribution in [3.63, 3.8) is 0 Å². The lowest BCUT2D eigenvalue weighted by Gasteiger charge is -2.16. The van der Waals surface area contributed by atoms with Gasteiger partial charge in [0.05, 0.1) is 5.56 Å². The molecule has 1 aliphatic carbocycles. The van der Waals surface area contributed by atoms with Crippen molar-refractivity contribution in [3.8, 4) is 11.4 Å². The fraction of sp³-hybridized carbons (Fsp3) is 0.217. The van der Waals surface area contributed by atoms with Gasteiger partial charge in [0.25, 0.3) is 0 Å². The third-order valence-corrected chi connectivity index (χ3v) is 5.37. The molecule has 1 aliphatic rings. The number of aromatic nitrogens is 4. The predicted molar refractivity (Wildman–Crippen MR) is 116 cm³/mol. The fourth-order valence-electron chi connectivity index (χ4n) is 3.43. The summed E-state index contributed by atoms with van der Waals surface area (Å²) >= 11 is 0. The lowest BCUT2D eigenvalue weighted by molar-refractivity contribution is -0.117. The normalized spacial score (nSPS) is 14.4. The van der Waals surface area contributed by atoms with E-state index in [1.807, 2.05) is 37.3 Å². The second-order valence-electron chi connectivity index (χ2n) is 7.74. The van der Waals surface area contributed by atoms with E-state index >= 15 is 0 Å². The molecule has 31 heavy (non-hydrogen) atoms. The summed E-state index contributed by atoms with van der Waals surface area (Å²) in [6.45, 7) is 2.02. The van der Waals surface area contributed by atoms with Crippen molar-refractivity contribution in [2.24, 2.45) is 5.92 Å². The molecule has 0 spiro atoms. The summed E-state index contributed by atoms with van der Waals surface area (Å²) in [4.78, 5) is 11.9. The Morgan fingerprint density at radius 2 is 1.84 bits per heavy atom. The average molecular weight is 416 g/mol. The number of carbonyl (C=O) groups excluding carboxylic acids is 1. The van der Waals surface area contributed by atoms with Crippen LogP contribution in [0.4, 0.5) is 15.9 Å². The molecule has 1 amide bonds. The van der Waals surface area contributed by atoms with E-state index in [9.17, 15) is 9.18 Å². The van der Waals surface area contributed by atoms with Crippen LogP contribution in [0.3, 0.4) is 0 Å². The van der Waals surface area contributed by atoms with Crippen LogP contribution < -0.4 is 10.6 Å². The Bertz CT molecular complexity index is 1250. The lowest BCUT2D eigenvalue weighted by Crippen LogP contribution is -2.13. The number of benzene rings is 2. The monoisotopic (exact) mass is 416 g/mol. The lowest BCUT2D eigenvalue weighted by atomic mass is 10.1. The van der Waals surface area contributed by atoms with E-state index in [1.165, 1.54) is 10.6 Å². The number of carbonyl (C=O) groups is 1. The third kappa shape index (κ3) is 3.96. The molecular formula is C23H21FN6O. The number of rotatable bonds is 6. The molecule has 8 heteroatoms. The Morgan fingerprint density at radius 1 is 1.06 bits per heavy atom. The highest BCUT2D eigenvalue weighted by atomic mass is 19.1. The van der Waals surface area contributed by atoms with Crippen LogP contribution >= 0.6 is 0 Å². The molecule has 0 saturated heterocycles. The zero-order valence-electron chi connectivity index (χ0n) is 16.9. The molecule has 1 unspecified atom stereocenters. The van der Waals surface area contributed by atoms with Gasteiger partial charge in [-0.1, -0.05) is 24.3 Å². The van der Waals surface area contributed by atoms with E-state index in [0.29, 0.717) is 22.9 Å². The maximum Gasteiger partial charge on any atom is 0.227 e. The van der Waals surface area contributed by atoms with Crippen LogP contribution in [0.1, 0.15) is 31.4 Å². The molecule has 0 radical (unpaired) electrons. The molecule has 1 fully saturated rings. The van der Waals surface area contributed by atoms with Gasteiger partial charge >= 0.3 is 0 Å². The number of halogens is 1. The van der Waals surface area contributed by atoms with Gasteiger partial charge in [-0.25, -0.2) is 4.39 Å². The number of hydrogen-bond acceptors (Lipinski definition) is 5.